The Morgan fingerprint density at radius 3 is 2.75 bits per heavy atom. The van der Waals surface area contributed by atoms with Crippen LogP contribution in [0, 0.1) is 0 Å². The number of aliphatic carboxylic acids is 1. The van der Waals surface area contributed by atoms with Gasteiger partial charge in [-0.05, 0) is 35.9 Å². The van der Waals surface area contributed by atoms with E-state index in [1.165, 1.54) is 0 Å². The third-order valence-electron chi connectivity index (χ3n) is 3.40. The van der Waals surface area contributed by atoms with Crippen LogP contribution in [0.2, 0.25) is 0 Å². The molecule has 0 radical (unpaired) electrons. The molecule has 0 saturated carbocycles. The molecule has 4 heteroatoms. The first kappa shape index (κ1) is 12.5. The molecule has 0 bridgehead atoms. The zero-order chi connectivity index (χ0) is 13.9. The maximum absolute atomic E-state index is 10.9. The van der Waals surface area contributed by atoms with Gasteiger partial charge in [0.25, 0.3) is 0 Å². The van der Waals surface area contributed by atoms with Crippen molar-refractivity contribution in [2.24, 2.45) is 0 Å². The van der Waals surface area contributed by atoms with Crippen LogP contribution in [0.15, 0.2) is 48.5 Å². The van der Waals surface area contributed by atoms with Gasteiger partial charge in [-0.2, -0.15) is 0 Å². The fourth-order valence-corrected chi connectivity index (χ4v) is 2.46. The van der Waals surface area contributed by atoms with E-state index >= 15 is 0 Å². The molecule has 3 rings (SSSR count). The molecule has 1 aliphatic rings. The van der Waals surface area contributed by atoms with Crippen molar-refractivity contribution in [3.63, 3.8) is 0 Å². The molecule has 1 atom stereocenters. The summed E-state index contributed by atoms with van der Waals surface area (Å²) in [5.74, 6) is 0.725. The fourth-order valence-electron chi connectivity index (χ4n) is 2.46. The summed E-state index contributed by atoms with van der Waals surface area (Å²) >= 11 is 0. The molecule has 4 nitrogen and oxygen atoms in total. The van der Waals surface area contributed by atoms with Crippen molar-refractivity contribution in [1.29, 1.82) is 0 Å². The zero-order valence-corrected chi connectivity index (χ0v) is 10.9. The molecule has 20 heavy (non-hydrogen) atoms. The second-order valence-electron chi connectivity index (χ2n) is 4.84. The number of benzene rings is 2. The van der Waals surface area contributed by atoms with E-state index in [-0.39, 0.29) is 12.3 Å². The highest BCUT2D eigenvalue weighted by Gasteiger charge is 2.24. The van der Waals surface area contributed by atoms with Crippen molar-refractivity contribution in [3.8, 4) is 11.5 Å². The number of rotatable bonds is 4. The average Bonchev–Trinajstić information content (AvgIpc) is 2.82. The summed E-state index contributed by atoms with van der Waals surface area (Å²) in [5, 5.41) is 12.2. The van der Waals surface area contributed by atoms with Gasteiger partial charge in [0.15, 0.2) is 0 Å². The van der Waals surface area contributed by atoms with E-state index in [4.69, 9.17) is 9.84 Å². The van der Waals surface area contributed by atoms with E-state index in [2.05, 4.69) is 5.32 Å². The summed E-state index contributed by atoms with van der Waals surface area (Å²) in [5.41, 5.74) is 2.01. The van der Waals surface area contributed by atoms with Crippen molar-refractivity contribution in [1.82, 2.24) is 0 Å². The number of hydrogen-bond acceptors (Lipinski definition) is 3. The van der Waals surface area contributed by atoms with Crippen molar-refractivity contribution in [3.05, 3.63) is 54.1 Å². The molecule has 0 aliphatic carbocycles. The summed E-state index contributed by atoms with van der Waals surface area (Å²) in [6.45, 7) is 0.663. The van der Waals surface area contributed by atoms with Gasteiger partial charge in [-0.15, -0.1) is 0 Å². The van der Waals surface area contributed by atoms with Crippen LogP contribution in [-0.4, -0.2) is 17.6 Å². The predicted molar refractivity (Wildman–Crippen MR) is 76.4 cm³/mol. The molecule has 1 aliphatic heterocycles. The highest BCUT2D eigenvalue weighted by atomic mass is 16.5. The highest BCUT2D eigenvalue weighted by Crippen LogP contribution is 2.37. The van der Waals surface area contributed by atoms with Crippen LogP contribution in [0.25, 0.3) is 0 Å². The standard InChI is InChI=1S/C16H15NO3/c18-16(19)8-11-10-17-15-7-6-13(9-14(11)15)20-12-4-2-1-3-5-12/h1-7,9,11,17H,8,10H2,(H,18,19). The van der Waals surface area contributed by atoms with Crippen LogP contribution in [0.5, 0.6) is 11.5 Å². The molecule has 1 unspecified atom stereocenters. The number of fused-ring (bicyclic) bond motifs is 1. The van der Waals surface area contributed by atoms with Crippen LogP contribution >= 0.6 is 0 Å². The zero-order valence-electron chi connectivity index (χ0n) is 10.9. The van der Waals surface area contributed by atoms with Crippen molar-refractivity contribution in [2.75, 3.05) is 11.9 Å². The van der Waals surface area contributed by atoms with E-state index in [1.807, 2.05) is 48.5 Å². The third-order valence-corrected chi connectivity index (χ3v) is 3.40. The molecular weight excluding hydrogens is 254 g/mol. The first-order chi connectivity index (χ1) is 9.72. The molecule has 0 fully saturated rings. The molecule has 2 aromatic carbocycles. The molecule has 0 spiro atoms. The third kappa shape index (κ3) is 2.59. The van der Waals surface area contributed by atoms with Gasteiger partial charge in [0.2, 0.25) is 0 Å². The summed E-state index contributed by atoms with van der Waals surface area (Å²) in [7, 11) is 0. The molecule has 102 valence electrons. The number of ether oxygens (including phenoxy) is 1. The fraction of sp³-hybridized carbons (Fsp3) is 0.188. The first-order valence-electron chi connectivity index (χ1n) is 6.55. The average molecular weight is 269 g/mol. The van der Waals surface area contributed by atoms with Crippen LogP contribution < -0.4 is 10.1 Å². The van der Waals surface area contributed by atoms with Crippen molar-refractivity contribution < 1.29 is 14.6 Å². The number of carboxylic acid groups (broad SMARTS) is 1. The molecular formula is C16H15NO3. The lowest BCUT2D eigenvalue weighted by Crippen LogP contribution is -2.08. The first-order valence-corrected chi connectivity index (χ1v) is 6.55. The van der Waals surface area contributed by atoms with Crippen molar-refractivity contribution in [2.45, 2.75) is 12.3 Å². The van der Waals surface area contributed by atoms with Crippen LogP contribution in [0.1, 0.15) is 17.9 Å². The van der Waals surface area contributed by atoms with Gasteiger partial charge in [-0.25, -0.2) is 0 Å². The Kier molecular flexibility index (Phi) is 3.29. The lowest BCUT2D eigenvalue weighted by molar-refractivity contribution is -0.137. The quantitative estimate of drug-likeness (QED) is 0.892. The molecule has 0 aromatic heterocycles. The second kappa shape index (κ2) is 5.25. The number of para-hydroxylation sites is 1. The number of carbonyl (C=O) groups is 1. The molecule has 0 saturated heterocycles. The maximum atomic E-state index is 10.9. The monoisotopic (exact) mass is 269 g/mol. The number of carboxylic acids is 1. The van der Waals surface area contributed by atoms with E-state index < -0.39 is 5.97 Å². The molecule has 2 N–H and O–H groups in total. The number of nitrogens with one attached hydrogen (secondary N) is 1. The number of hydrogen-bond donors (Lipinski definition) is 2. The van der Waals surface area contributed by atoms with Crippen molar-refractivity contribution >= 4 is 11.7 Å². The van der Waals surface area contributed by atoms with Gasteiger partial charge in [0, 0.05) is 18.2 Å². The Bertz CT molecular complexity index is 625. The Hall–Kier alpha value is -2.49. The van der Waals surface area contributed by atoms with Gasteiger partial charge >= 0.3 is 5.97 Å². The van der Waals surface area contributed by atoms with Crippen LogP contribution in [0.3, 0.4) is 0 Å². The highest BCUT2D eigenvalue weighted by molar-refractivity contribution is 5.71. The van der Waals surface area contributed by atoms with Crippen LogP contribution in [0.4, 0.5) is 5.69 Å². The summed E-state index contributed by atoms with van der Waals surface area (Å²) in [6.07, 6.45) is 0.134. The SMILES string of the molecule is O=C(O)CC1CNc2ccc(Oc3ccccc3)cc21. The Morgan fingerprint density at radius 2 is 2.00 bits per heavy atom. The second-order valence-corrected chi connectivity index (χ2v) is 4.84. The van der Waals surface area contributed by atoms with Gasteiger partial charge in [0.05, 0.1) is 6.42 Å². The van der Waals surface area contributed by atoms with Gasteiger partial charge < -0.3 is 15.2 Å². The molecule has 1 heterocycles. The lowest BCUT2D eigenvalue weighted by atomic mass is 9.98. The maximum Gasteiger partial charge on any atom is 0.304 e. The normalized spacial score (nSPS) is 16.3. The summed E-state index contributed by atoms with van der Waals surface area (Å²) in [4.78, 5) is 10.9. The minimum absolute atomic E-state index is 0.00169. The minimum atomic E-state index is -0.779. The summed E-state index contributed by atoms with van der Waals surface area (Å²) in [6, 6.07) is 15.3. The Labute approximate surface area is 117 Å². The largest absolute Gasteiger partial charge is 0.481 e. The topological polar surface area (TPSA) is 58.6 Å². The van der Waals surface area contributed by atoms with E-state index in [0.29, 0.717) is 6.54 Å². The van der Waals surface area contributed by atoms with E-state index in [1.54, 1.807) is 0 Å². The predicted octanol–water partition coefficient (Wildman–Crippen LogP) is 3.46. The minimum Gasteiger partial charge on any atom is -0.481 e. The van der Waals surface area contributed by atoms with Gasteiger partial charge in [0.1, 0.15) is 11.5 Å². The molecule has 2 aromatic rings. The Balaban J connectivity index is 1.83. The van der Waals surface area contributed by atoms with Gasteiger partial charge in [-0.3, -0.25) is 4.79 Å². The Morgan fingerprint density at radius 1 is 1.20 bits per heavy atom. The van der Waals surface area contributed by atoms with Gasteiger partial charge in [-0.1, -0.05) is 18.2 Å². The van der Waals surface area contributed by atoms with E-state index in [0.717, 1.165) is 22.7 Å². The lowest BCUT2D eigenvalue weighted by Gasteiger charge is -2.10. The smallest absolute Gasteiger partial charge is 0.304 e. The van der Waals surface area contributed by atoms with E-state index in [9.17, 15) is 4.79 Å². The molecule has 0 amide bonds. The number of anilines is 1. The van der Waals surface area contributed by atoms with Crippen LogP contribution in [-0.2, 0) is 4.79 Å². The summed E-state index contributed by atoms with van der Waals surface area (Å²) < 4.78 is 5.78.